The first-order valence-corrected chi connectivity index (χ1v) is 12.3. The summed E-state index contributed by atoms with van der Waals surface area (Å²) in [6.45, 7) is 8.02. The zero-order valence-corrected chi connectivity index (χ0v) is 21.6. The first-order chi connectivity index (χ1) is 17.5. The van der Waals surface area contributed by atoms with E-state index in [9.17, 15) is 19.2 Å². The highest BCUT2D eigenvalue weighted by Crippen LogP contribution is 2.24. The zero-order valence-electron chi connectivity index (χ0n) is 21.6. The third-order valence-corrected chi connectivity index (χ3v) is 6.23. The Morgan fingerprint density at radius 1 is 1.27 bits per heavy atom. The zero-order chi connectivity index (χ0) is 26.7. The van der Waals surface area contributed by atoms with Crippen LogP contribution in [-0.4, -0.2) is 70.5 Å². The number of nitrogens with one attached hydrogen (secondary N) is 2. The molecule has 0 spiro atoms. The molecule has 11 heteroatoms. The van der Waals surface area contributed by atoms with Gasteiger partial charge in [-0.25, -0.2) is 9.59 Å². The van der Waals surface area contributed by atoms with Crippen molar-refractivity contribution in [1.82, 2.24) is 24.7 Å². The quantitative estimate of drug-likeness (QED) is 0.465. The smallest absolute Gasteiger partial charge is 0.407 e. The number of hydrogen-bond donors (Lipinski definition) is 2. The molecule has 3 amide bonds. The van der Waals surface area contributed by atoms with E-state index in [0.717, 1.165) is 0 Å². The van der Waals surface area contributed by atoms with Crippen molar-refractivity contribution in [2.24, 2.45) is 13.0 Å². The number of carbonyl (C=O) groups excluding carboxylic acids is 3. The minimum Gasteiger partial charge on any atom is -0.444 e. The van der Waals surface area contributed by atoms with Crippen LogP contribution in [0.5, 0.6) is 0 Å². The molecule has 2 N–H and O–H groups in total. The molecule has 4 rings (SSSR count). The van der Waals surface area contributed by atoms with Gasteiger partial charge in [0.05, 0.1) is 36.5 Å². The second-order valence-electron chi connectivity index (χ2n) is 10.4. The summed E-state index contributed by atoms with van der Waals surface area (Å²) < 4.78 is 13.9. The lowest BCUT2D eigenvalue weighted by atomic mass is 10.1. The van der Waals surface area contributed by atoms with Crippen molar-refractivity contribution >= 4 is 28.9 Å². The van der Waals surface area contributed by atoms with Crippen LogP contribution in [0.4, 0.5) is 4.79 Å². The number of aryl methyl sites for hydroxylation is 1. The Bertz CT molecular complexity index is 1330. The van der Waals surface area contributed by atoms with E-state index in [1.54, 1.807) is 19.2 Å². The first-order valence-electron chi connectivity index (χ1n) is 12.3. The van der Waals surface area contributed by atoms with Crippen molar-refractivity contribution in [3.63, 3.8) is 0 Å². The number of amides is 3. The Balaban J connectivity index is 1.45. The lowest BCUT2D eigenvalue weighted by Crippen LogP contribution is -2.45. The molecule has 1 aromatic carbocycles. The molecule has 1 aromatic heterocycles. The van der Waals surface area contributed by atoms with Crippen molar-refractivity contribution in [2.45, 2.75) is 45.3 Å². The summed E-state index contributed by atoms with van der Waals surface area (Å²) in [5, 5.41) is 5.11. The third-order valence-electron chi connectivity index (χ3n) is 6.23. The highest BCUT2D eigenvalue weighted by molar-refractivity contribution is 6.00. The van der Waals surface area contributed by atoms with Gasteiger partial charge in [-0.15, -0.1) is 0 Å². The Morgan fingerprint density at radius 3 is 2.78 bits per heavy atom. The molecule has 0 bridgehead atoms. The van der Waals surface area contributed by atoms with Crippen molar-refractivity contribution in [3.05, 3.63) is 34.2 Å². The van der Waals surface area contributed by atoms with Gasteiger partial charge in [0.2, 0.25) is 11.8 Å². The largest absolute Gasteiger partial charge is 0.444 e. The summed E-state index contributed by atoms with van der Waals surface area (Å²) in [5.41, 5.74) is 1.03. The molecule has 37 heavy (non-hydrogen) atoms. The highest BCUT2D eigenvalue weighted by Gasteiger charge is 2.31. The van der Waals surface area contributed by atoms with Gasteiger partial charge >= 0.3 is 11.8 Å². The maximum atomic E-state index is 13.1. The molecular formula is C26H33N5O6. The van der Waals surface area contributed by atoms with E-state index in [1.165, 1.54) is 9.13 Å². The molecule has 198 valence electrons. The number of imidazole rings is 1. The van der Waals surface area contributed by atoms with Gasteiger partial charge in [0.15, 0.2) is 0 Å². The van der Waals surface area contributed by atoms with Crippen LogP contribution in [0.2, 0.25) is 0 Å². The van der Waals surface area contributed by atoms with Gasteiger partial charge in [0, 0.05) is 32.5 Å². The number of para-hydroxylation sites is 1. The molecule has 2 aliphatic heterocycles. The van der Waals surface area contributed by atoms with E-state index >= 15 is 0 Å². The molecule has 2 fully saturated rings. The SMILES string of the molecule is Cn1c(=O)n(C2CCC(=O)NC2=O)c2cccc(C#CCN3COC[C@H](CNC(=O)OC(C)(C)C)C3)c21. The average Bonchev–Trinajstić information content (AvgIpc) is 3.08. The minimum atomic E-state index is -0.742. The number of hydrogen-bond acceptors (Lipinski definition) is 7. The van der Waals surface area contributed by atoms with E-state index in [1.807, 2.05) is 31.7 Å². The lowest BCUT2D eigenvalue weighted by Gasteiger charge is -2.31. The normalized spacial score (nSPS) is 20.8. The van der Waals surface area contributed by atoms with Crippen LogP contribution < -0.4 is 16.3 Å². The molecule has 2 saturated heterocycles. The highest BCUT2D eigenvalue weighted by atomic mass is 16.6. The molecule has 0 saturated carbocycles. The van der Waals surface area contributed by atoms with Gasteiger partial charge in [-0.05, 0) is 39.3 Å². The predicted molar refractivity (Wildman–Crippen MR) is 136 cm³/mol. The van der Waals surface area contributed by atoms with Gasteiger partial charge in [-0.2, -0.15) is 0 Å². The van der Waals surface area contributed by atoms with Gasteiger partial charge in [-0.3, -0.25) is 28.9 Å². The number of nitrogens with zero attached hydrogens (tertiary/aromatic N) is 3. The topological polar surface area (TPSA) is 124 Å². The van der Waals surface area contributed by atoms with Gasteiger partial charge < -0.3 is 14.8 Å². The van der Waals surface area contributed by atoms with Gasteiger partial charge in [-0.1, -0.05) is 17.9 Å². The third kappa shape index (κ3) is 6.21. The average molecular weight is 512 g/mol. The fourth-order valence-corrected chi connectivity index (χ4v) is 4.61. The summed E-state index contributed by atoms with van der Waals surface area (Å²) >= 11 is 0. The number of benzene rings is 1. The summed E-state index contributed by atoms with van der Waals surface area (Å²) in [7, 11) is 1.65. The van der Waals surface area contributed by atoms with E-state index < -0.39 is 23.6 Å². The fourth-order valence-electron chi connectivity index (χ4n) is 4.61. The number of fused-ring (bicyclic) bond motifs is 1. The Kier molecular flexibility index (Phi) is 7.71. The van der Waals surface area contributed by atoms with Crippen LogP contribution in [0.1, 0.15) is 45.2 Å². The van der Waals surface area contributed by atoms with Crippen LogP contribution >= 0.6 is 0 Å². The molecular weight excluding hydrogens is 478 g/mol. The number of imide groups is 1. The summed E-state index contributed by atoms with van der Waals surface area (Å²) in [5.74, 6) is 5.64. The maximum absolute atomic E-state index is 13.1. The van der Waals surface area contributed by atoms with E-state index in [2.05, 4.69) is 22.5 Å². The van der Waals surface area contributed by atoms with Gasteiger partial charge in [0.25, 0.3) is 0 Å². The monoisotopic (exact) mass is 511 g/mol. The summed E-state index contributed by atoms with van der Waals surface area (Å²) in [6, 6.07) is 4.68. The molecule has 2 aliphatic rings. The molecule has 0 aliphatic carbocycles. The van der Waals surface area contributed by atoms with E-state index in [0.29, 0.717) is 49.6 Å². The van der Waals surface area contributed by atoms with Crippen molar-refractivity contribution in [1.29, 1.82) is 0 Å². The Hall–Kier alpha value is -3.62. The van der Waals surface area contributed by atoms with Crippen molar-refractivity contribution in [2.75, 3.05) is 33.0 Å². The van der Waals surface area contributed by atoms with Crippen LogP contribution in [0.3, 0.4) is 0 Å². The molecule has 11 nitrogen and oxygen atoms in total. The second-order valence-corrected chi connectivity index (χ2v) is 10.4. The molecule has 0 radical (unpaired) electrons. The lowest BCUT2D eigenvalue weighted by molar-refractivity contribution is -0.135. The van der Waals surface area contributed by atoms with Crippen molar-refractivity contribution < 1.29 is 23.9 Å². The number of alkyl carbamates (subject to hydrolysis) is 1. The molecule has 2 atom stereocenters. The van der Waals surface area contributed by atoms with E-state index in [-0.39, 0.29) is 30.4 Å². The fraction of sp³-hybridized carbons (Fsp3) is 0.538. The Morgan fingerprint density at radius 2 is 2.05 bits per heavy atom. The summed E-state index contributed by atoms with van der Waals surface area (Å²) in [4.78, 5) is 51.0. The first kappa shape index (κ1) is 26.4. The predicted octanol–water partition coefficient (Wildman–Crippen LogP) is 1.10. The standard InChI is InChI=1S/C26H33N5O6/c1-26(2,3)37-24(34)27-13-17-14-30(16-36-15-17)12-6-8-18-7-5-9-19-22(18)29(4)25(35)31(19)20-10-11-21(32)28-23(20)33/h5,7,9,17,20H,10-16H2,1-4H3,(H,27,34)(H,28,32,33)/t17-,20?/m1/s1. The van der Waals surface area contributed by atoms with Crippen LogP contribution in [0.15, 0.2) is 23.0 Å². The van der Waals surface area contributed by atoms with Crippen LogP contribution in [-0.2, 0) is 26.1 Å². The van der Waals surface area contributed by atoms with E-state index in [4.69, 9.17) is 9.47 Å². The van der Waals surface area contributed by atoms with Crippen molar-refractivity contribution in [3.8, 4) is 11.8 Å². The maximum Gasteiger partial charge on any atom is 0.407 e. The Labute approximate surface area is 215 Å². The number of rotatable bonds is 4. The summed E-state index contributed by atoms with van der Waals surface area (Å²) in [6.07, 6.45) is 0.0102. The minimum absolute atomic E-state index is 0.106. The van der Waals surface area contributed by atoms with Crippen LogP contribution in [0.25, 0.3) is 11.0 Å². The number of aromatic nitrogens is 2. The number of piperidine rings is 1. The number of carbonyl (C=O) groups is 3. The molecule has 1 unspecified atom stereocenters. The second kappa shape index (κ2) is 10.8. The van der Waals surface area contributed by atoms with Gasteiger partial charge in [0.1, 0.15) is 11.6 Å². The molecule has 3 heterocycles. The number of ether oxygens (including phenoxy) is 2. The molecule has 2 aromatic rings. The van der Waals surface area contributed by atoms with Crippen LogP contribution in [0, 0.1) is 17.8 Å².